The minimum atomic E-state index is -0.103. The molecule has 0 bridgehead atoms. The topological polar surface area (TPSA) is 70.2 Å². The van der Waals surface area contributed by atoms with Crippen molar-refractivity contribution in [2.45, 2.75) is 43.0 Å². The van der Waals surface area contributed by atoms with Crippen molar-refractivity contribution in [2.24, 2.45) is 0 Å². The van der Waals surface area contributed by atoms with Crippen LogP contribution in [-0.4, -0.2) is 41.6 Å². The molecule has 6 heteroatoms. The lowest BCUT2D eigenvalue weighted by molar-refractivity contribution is -0.116. The van der Waals surface area contributed by atoms with Gasteiger partial charge in [-0.05, 0) is 18.9 Å². The van der Waals surface area contributed by atoms with Crippen molar-refractivity contribution in [1.29, 1.82) is 0 Å². The normalized spacial score (nSPS) is 28.4. The number of rotatable bonds is 7. The standard InChI is InChI=1S/C13H21N3O2S/c1-2-11(17)14-7-5-3-4-6-10-12-9(8-19-10)15-13(18)16-12/h2,9-10,12H,1,3-8H2,(H,14,17)(H2,15,16,18)/t9-,10-,12-/m0/s1. The number of unbranched alkanes of at least 4 members (excludes halogenated alkanes) is 2. The van der Waals surface area contributed by atoms with Gasteiger partial charge in [0.2, 0.25) is 5.91 Å². The third-order valence-corrected chi connectivity index (χ3v) is 5.10. The van der Waals surface area contributed by atoms with E-state index in [0.29, 0.717) is 23.9 Å². The number of carbonyl (C=O) groups is 2. The number of hydrogen-bond acceptors (Lipinski definition) is 3. The first-order valence-corrected chi connectivity index (χ1v) is 7.84. The van der Waals surface area contributed by atoms with E-state index in [4.69, 9.17) is 0 Å². The third-order valence-electron chi connectivity index (χ3n) is 3.59. The Morgan fingerprint density at radius 3 is 3.05 bits per heavy atom. The van der Waals surface area contributed by atoms with Crippen LogP contribution in [0.5, 0.6) is 0 Å². The van der Waals surface area contributed by atoms with Gasteiger partial charge in [-0.2, -0.15) is 11.8 Å². The van der Waals surface area contributed by atoms with E-state index >= 15 is 0 Å². The number of fused-ring (bicyclic) bond motifs is 1. The molecule has 0 aromatic carbocycles. The average Bonchev–Trinajstić information content (AvgIpc) is 2.93. The third kappa shape index (κ3) is 3.89. The van der Waals surface area contributed by atoms with Crippen LogP contribution in [0.4, 0.5) is 4.79 Å². The Morgan fingerprint density at radius 1 is 1.42 bits per heavy atom. The van der Waals surface area contributed by atoms with E-state index in [9.17, 15) is 9.59 Å². The molecule has 2 heterocycles. The molecule has 3 N–H and O–H groups in total. The number of urea groups is 1. The van der Waals surface area contributed by atoms with Gasteiger partial charge in [0.15, 0.2) is 0 Å². The second-order valence-corrected chi connectivity index (χ2v) is 6.24. The van der Waals surface area contributed by atoms with Crippen LogP contribution in [0, 0.1) is 0 Å². The molecule has 5 nitrogen and oxygen atoms in total. The molecule has 0 aliphatic carbocycles. The highest BCUT2D eigenvalue weighted by atomic mass is 32.2. The number of carbonyl (C=O) groups excluding carboxylic acids is 2. The van der Waals surface area contributed by atoms with Crippen LogP contribution in [0.15, 0.2) is 12.7 Å². The fourth-order valence-electron chi connectivity index (χ4n) is 2.57. The highest BCUT2D eigenvalue weighted by molar-refractivity contribution is 8.00. The van der Waals surface area contributed by atoms with Gasteiger partial charge in [0.05, 0.1) is 12.1 Å². The van der Waals surface area contributed by atoms with Crippen LogP contribution in [0.1, 0.15) is 25.7 Å². The van der Waals surface area contributed by atoms with E-state index in [2.05, 4.69) is 22.5 Å². The van der Waals surface area contributed by atoms with E-state index in [0.717, 1.165) is 31.4 Å². The maximum Gasteiger partial charge on any atom is 0.315 e. The minimum Gasteiger partial charge on any atom is -0.353 e. The molecule has 0 unspecified atom stereocenters. The highest BCUT2D eigenvalue weighted by Gasteiger charge is 2.42. The minimum absolute atomic E-state index is 0.0209. The summed E-state index contributed by atoms with van der Waals surface area (Å²) in [6.07, 6.45) is 5.66. The van der Waals surface area contributed by atoms with E-state index in [-0.39, 0.29) is 11.9 Å². The number of amides is 3. The zero-order chi connectivity index (χ0) is 13.7. The zero-order valence-corrected chi connectivity index (χ0v) is 11.8. The monoisotopic (exact) mass is 283 g/mol. The molecule has 2 aliphatic rings. The molecule has 0 aromatic heterocycles. The quantitative estimate of drug-likeness (QED) is 0.371. The summed E-state index contributed by atoms with van der Waals surface area (Å²) < 4.78 is 0. The fraction of sp³-hybridized carbons (Fsp3) is 0.692. The molecule has 2 aliphatic heterocycles. The zero-order valence-electron chi connectivity index (χ0n) is 11.0. The average molecular weight is 283 g/mol. The summed E-state index contributed by atoms with van der Waals surface area (Å²) in [5.41, 5.74) is 0. The van der Waals surface area contributed by atoms with Crippen LogP contribution in [0.3, 0.4) is 0 Å². The van der Waals surface area contributed by atoms with E-state index in [1.54, 1.807) is 0 Å². The number of hydrogen-bond donors (Lipinski definition) is 3. The van der Waals surface area contributed by atoms with Crippen LogP contribution < -0.4 is 16.0 Å². The number of nitrogens with one attached hydrogen (secondary N) is 3. The smallest absolute Gasteiger partial charge is 0.315 e. The first-order valence-electron chi connectivity index (χ1n) is 6.79. The molecule has 0 saturated carbocycles. The van der Waals surface area contributed by atoms with Crippen LogP contribution in [0.25, 0.3) is 0 Å². The summed E-state index contributed by atoms with van der Waals surface area (Å²) in [5, 5.41) is 9.26. The van der Waals surface area contributed by atoms with Gasteiger partial charge in [0.25, 0.3) is 0 Å². The Hall–Kier alpha value is -1.17. The first kappa shape index (κ1) is 14.2. The van der Waals surface area contributed by atoms with Gasteiger partial charge in [-0.25, -0.2) is 4.79 Å². The molecular weight excluding hydrogens is 262 g/mol. The fourth-order valence-corrected chi connectivity index (χ4v) is 4.12. The Labute approximate surface area is 118 Å². The number of thioether (sulfide) groups is 1. The van der Waals surface area contributed by atoms with Crippen molar-refractivity contribution in [1.82, 2.24) is 16.0 Å². The second kappa shape index (κ2) is 6.84. The summed E-state index contributed by atoms with van der Waals surface area (Å²) in [5.74, 6) is 0.914. The largest absolute Gasteiger partial charge is 0.353 e. The summed E-state index contributed by atoms with van der Waals surface area (Å²) in [4.78, 5) is 22.2. The predicted octanol–water partition coefficient (Wildman–Crippen LogP) is 1.01. The molecule has 2 rings (SSSR count). The van der Waals surface area contributed by atoms with Gasteiger partial charge in [0, 0.05) is 17.5 Å². The molecule has 0 radical (unpaired) electrons. The molecular formula is C13H21N3O2S. The van der Waals surface area contributed by atoms with Crippen LogP contribution in [-0.2, 0) is 4.79 Å². The van der Waals surface area contributed by atoms with Crippen molar-refractivity contribution in [3.05, 3.63) is 12.7 Å². The van der Waals surface area contributed by atoms with Gasteiger partial charge >= 0.3 is 6.03 Å². The maximum absolute atomic E-state index is 11.2. The van der Waals surface area contributed by atoms with Gasteiger partial charge in [-0.3, -0.25) is 4.79 Å². The molecule has 19 heavy (non-hydrogen) atoms. The van der Waals surface area contributed by atoms with Crippen molar-refractivity contribution in [2.75, 3.05) is 12.3 Å². The van der Waals surface area contributed by atoms with E-state index < -0.39 is 0 Å². The first-order chi connectivity index (χ1) is 9.20. The summed E-state index contributed by atoms with van der Waals surface area (Å²) >= 11 is 1.95. The van der Waals surface area contributed by atoms with Crippen LogP contribution in [0.2, 0.25) is 0 Å². The lowest BCUT2D eigenvalue weighted by Crippen LogP contribution is -2.36. The molecule has 2 fully saturated rings. The van der Waals surface area contributed by atoms with Crippen LogP contribution >= 0.6 is 11.8 Å². The molecule has 2 saturated heterocycles. The molecule has 3 atom stereocenters. The lowest BCUT2D eigenvalue weighted by atomic mass is 10.0. The predicted molar refractivity (Wildman–Crippen MR) is 77.2 cm³/mol. The summed E-state index contributed by atoms with van der Waals surface area (Å²) in [7, 11) is 0. The molecule has 106 valence electrons. The Kier molecular flexibility index (Phi) is 5.13. The molecule has 0 aromatic rings. The van der Waals surface area contributed by atoms with Crippen molar-refractivity contribution < 1.29 is 9.59 Å². The Morgan fingerprint density at radius 2 is 2.26 bits per heavy atom. The van der Waals surface area contributed by atoms with Gasteiger partial charge in [-0.15, -0.1) is 0 Å². The van der Waals surface area contributed by atoms with Gasteiger partial charge < -0.3 is 16.0 Å². The Balaban J connectivity index is 1.55. The maximum atomic E-state index is 11.2. The van der Waals surface area contributed by atoms with Gasteiger partial charge in [-0.1, -0.05) is 19.4 Å². The Bertz CT molecular complexity index is 362. The SMILES string of the molecule is C=CC(=O)NCCCCC[C@@H]1SC[C@@H]2NC(=O)N[C@@H]21. The van der Waals surface area contributed by atoms with E-state index in [1.807, 2.05) is 11.8 Å². The summed E-state index contributed by atoms with van der Waals surface area (Å²) in [6, 6.07) is 0.597. The second-order valence-electron chi connectivity index (χ2n) is 4.97. The van der Waals surface area contributed by atoms with Gasteiger partial charge in [0.1, 0.15) is 0 Å². The lowest BCUT2D eigenvalue weighted by Gasteiger charge is -2.16. The van der Waals surface area contributed by atoms with Crippen molar-refractivity contribution in [3.8, 4) is 0 Å². The summed E-state index contributed by atoms with van der Waals surface area (Å²) in [6.45, 7) is 4.12. The molecule has 3 amide bonds. The van der Waals surface area contributed by atoms with Crippen molar-refractivity contribution >= 4 is 23.7 Å². The van der Waals surface area contributed by atoms with Crippen molar-refractivity contribution in [3.63, 3.8) is 0 Å². The highest BCUT2D eigenvalue weighted by Crippen LogP contribution is 2.33. The molecule has 0 spiro atoms. The van der Waals surface area contributed by atoms with E-state index in [1.165, 1.54) is 6.08 Å².